The van der Waals surface area contributed by atoms with E-state index in [9.17, 15) is 9.59 Å². The molecular weight excluding hydrogens is 458 g/mol. The van der Waals surface area contributed by atoms with Crippen LogP contribution in [-0.4, -0.2) is 57.9 Å². The molecule has 0 spiro atoms. The van der Waals surface area contributed by atoms with E-state index in [1.54, 1.807) is 4.68 Å². The first-order valence-corrected chi connectivity index (χ1v) is 13.3. The zero-order chi connectivity index (χ0) is 25.5. The predicted molar refractivity (Wildman–Crippen MR) is 138 cm³/mol. The van der Waals surface area contributed by atoms with Crippen LogP contribution in [0.15, 0.2) is 47.0 Å². The van der Waals surface area contributed by atoms with Crippen molar-refractivity contribution in [3.05, 3.63) is 63.8 Å². The molecule has 0 unspecified atom stereocenters. The van der Waals surface area contributed by atoms with Gasteiger partial charge < -0.3 is 19.5 Å². The van der Waals surface area contributed by atoms with E-state index in [1.807, 2.05) is 60.0 Å². The Hall–Kier alpha value is -2.84. The lowest BCUT2D eigenvalue weighted by Crippen LogP contribution is -2.38. The van der Waals surface area contributed by atoms with Crippen LogP contribution in [0.4, 0.5) is 0 Å². The van der Waals surface area contributed by atoms with Crippen LogP contribution >= 0.6 is 0 Å². The molecule has 0 bridgehead atoms. The zero-order valence-electron chi connectivity index (χ0n) is 21.5. The van der Waals surface area contributed by atoms with Crippen molar-refractivity contribution in [3.8, 4) is 5.69 Å². The lowest BCUT2D eigenvalue weighted by molar-refractivity contribution is -0.153. The fraction of sp³-hybridized carbons (Fsp3) is 0.571. The SMILES string of the molecule is Cc1c([C@H]2C=C(C(=O)N3CCCCCCC3)O[C@@H](OCCCCO)C2)c(=O)n(-c2ccccc2)n1C. The molecule has 3 heterocycles. The van der Waals surface area contributed by atoms with Crippen molar-refractivity contribution in [3.63, 3.8) is 0 Å². The summed E-state index contributed by atoms with van der Waals surface area (Å²) in [5.41, 5.74) is 2.21. The number of amides is 1. The van der Waals surface area contributed by atoms with Gasteiger partial charge in [0.1, 0.15) is 0 Å². The Balaban J connectivity index is 1.66. The second-order valence-electron chi connectivity index (χ2n) is 9.76. The Morgan fingerprint density at radius 2 is 1.78 bits per heavy atom. The lowest BCUT2D eigenvalue weighted by Gasteiger charge is -2.32. The average molecular weight is 498 g/mol. The highest BCUT2D eigenvalue weighted by molar-refractivity contribution is 5.91. The predicted octanol–water partition coefficient (Wildman–Crippen LogP) is 3.78. The molecule has 1 fully saturated rings. The van der Waals surface area contributed by atoms with E-state index in [0.717, 1.165) is 50.2 Å². The summed E-state index contributed by atoms with van der Waals surface area (Å²) in [7, 11) is 1.88. The second kappa shape index (κ2) is 12.4. The van der Waals surface area contributed by atoms with E-state index < -0.39 is 6.29 Å². The van der Waals surface area contributed by atoms with Crippen LogP contribution in [0, 0.1) is 6.92 Å². The summed E-state index contributed by atoms with van der Waals surface area (Å²) in [5, 5.41) is 9.09. The third-order valence-corrected chi connectivity index (χ3v) is 7.24. The number of hydrogen-bond acceptors (Lipinski definition) is 5. The van der Waals surface area contributed by atoms with E-state index >= 15 is 0 Å². The van der Waals surface area contributed by atoms with Gasteiger partial charge in [-0.25, -0.2) is 4.68 Å². The number of benzene rings is 1. The summed E-state index contributed by atoms with van der Waals surface area (Å²) in [6.45, 7) is 3.91. The minimum atomic E-state index is -0.628. The summed E-state index contributed by atoms with van der Waals surface area (Å²) >= 11 is 0. The number of ether oxygens (including phenoxy) is 2. The van der Waals surface area contributed by atoms with Crippen molar-refractivity contribution in [2.45, 2.75) is 70.5 Å². The smallest absolute Gasteiger partial charge is 0.288 e. The number of aromatic nitrogens is 2. The Bertz CT molecular complexity index is 1100. The largest absolute Gasteiger partial charge is 0.459 e. The molecule has 1 aromatic carbocycles. The van der Waals surface area contributed by atoms with Crippen molar-refractivity contribution in [2.24, 2.45) is 7.05 Å². The van der Waals surface area contributed by atoms with Gasteiger partial charge in [-0.2, -0.15) is 0 Å². The number of para-hydroxylation sites is 1. The van der Waals surface area contributed by atoms with E-state index in [2.05, 4.69) is 0 Å². The highest BCUT2D eigenvalue weighted by atomic mass is 16.7. The molecule has 8 heteroatoms. The molecule has 8 nitrogen and oxygen atoms in total. The molecular formula is C28H39N3O5. The van der Waals surface area contributed by atoms with Gasteiger partial charge in [0, 0.05) is 50.3 Å². The van der Waals surface area contributed by atoms with Crippen LogP contribution in [0.1, 0.15) is 68.5 Å². The molecule has 1 aromatic heterocycles. The van der Waals surface area contributed by atoms with Crippen molar-refractivity contribution >= 4 is 5.91 Å². The molecule has 36 heavy (non-hydrogen) atoms. The van der Waals surface area contributed by atoms with Gasteiger partial charge in [0.25, 0.3) is 11.5 Å². The average Bonchev–Trinajstić information content (AvgIpc) is 3.09. The molecule has 1 amide bonds. The molecule has 0 aliphatic carbocycles. The molecule has 0 radical (unpaired) electrons. The number of hydrogen-bond donors (Lipinski definition) is 1. The summed E-state index contributed by atoms with van der Waals surface area (Å²) in [6.07, 6.45) is 8.45. The number of rotatable bonds is 8. The molecule has 1 N–H and O–H groups in total. The van der Waals surface area contributed by atoms with Gasteiger partial charge in [0.05, 0.1) is 12.3 Å². The summed E-state index contributed by atoms with van der Waals surface area (Å²) < 4.78 is 15.6. The van der Waals surface area contributed by atoms with Gasteiger partial charge in [-0.05, 0) is 50.8 Å². The van der Waals surface area contributed by atoms with E-state index in [-0.39, 0.29) is 29.8 Å². The van der Waals surface area contributed by atoms with Crippen molar-refractivity contribution < 1.29 is 19.4 Å². The molecule has 196 valence electrons. The van der Waals surface area contributed by atoms with Gasteiger partial charge in [-0.1, -0.05) is 37.5 Å². The van der Waals surface area contributed by atoms with Crippen LogP contribution in [0.3, 0.4) is 0 Å². The highest BCUT2D eigenvalue weighted by Crippen LogP contribution is 2.33. The number of aliphatic hydroxyl groups is 1. The molecule has 2 aromatic rings. The van der Waals surface area contributed by atoms with Crippen LogP contribution in [-0.2, 0) is 21.3 Å². The second-order valence-corrected chi connectivity index (χ2v) is 9.76. The number of carbonyl (C=O) groups is 1. The lowest BCUT2D eigenvalue weighted by atomic mass is 9.93. The van der Waals surface area contributed by atoms with Crippen molar-refractivity contribution in [1.29, 1.82) is 0 Å². The Morgan fingerprint density at radius 1 is 1.08 bits per heavy atom. The minimum Gasteiger partial charge on any atom is -0.459 e. The Kier molecular flexibility index (Phi) is 9.04. The highest BCUT2D eigenvalue weighted by Gasteiger charge is 2.34. The number of carbonyl (C=O) groups excluding carboxylic acids is 1. The molecule has 2 aliphatic rings. The number of unbranched alkanes of at least 4 members (excludes halogenated alkanes) is 1. The van der Waals surface area contributed by atoms with Crippen LogP contribution < -0.4 is 5.56 Å². The summed E-state index contributed by atoms with van der Waals surface area (Å²) in [5.74, 6) is -0.158. The number of nitrogens with zero attached hydrogens (tertiary/aromatic N) is 3. The fourth-order valence-corrected chi connectivity index (χ4v) is 5.16. The topological polar surface area (TPSA) is 85.9 Å². The molecule has 0 saturated carbocycles. The van der Waals surface area contributed by atoms with Gasteiger partial charge in [-0.3, -0.25) is 14.3 Å². The number of likely N-dealkylation sites (tertiary alicyclic amines) is 1. The minimum absolute atomic E-state index is 0.0959. The van der Waals surface area contributed by atoms with Gasteiger partial charge in [0.2, 0.25) is 6.29 Å². The zero-order valence-corrected chi connectivity index (χ0v) is 21.5. The van der Waals surface area contributed by atoms with E-state index in [1.165, 1.54) is 6.42 Å². The van der Waals surface area contributed by atoms with Gasteiger partial charge in [-0.15, -0.1) is 0 Å². The van der Waals surface area contributed by atoms with Crippen molar-refractivity contribution in [1.82, 2.24) is 14.3 Å². The fourth-order valence-electron chi connectivity index (χ4n) is 5.16. The maximum atomic E-state index is 13.7. The molecule has 2 atom stereocenters. The monoisotopic (exact) mass is 497 g/mol. The molecule has 2 aliphatic heterocycles. The maximum absolute atomic E-state index is 13.7. The first kappa shape index (κ1) is 26.2. The first-order chi connectivity index (χ1) is 17.5. The normalized spacial score (nSPS) is 20.9. The van der Waals surface area contributed by atoms with Crippen LogP contribution in [0.2, 0.25) is 0 Å². The number of aliphatic hydroxyl groups excluding tert-OH is 1. The summed E-state index contributed by atoms with van der Waals surface area (Å²) in [6, 6.07) is 9.57. The molecule has 4 rings (SSSR count). The quantitative estimate of drug-likeness (QED) is 0.561. The number of allylic oxidation sites excluding steroid dienone is 1. The standard InChI is InChI=1S/C28H39N3O5/c1-21-26(28(34)31(29(21)2)23-13-7-6-8-14-23)22-19-24(36-25(20-22)35-18-12-11-17-32)27(33)30-15-9-4-3-5-10-16-30/h6-8,13-14,19,22,25,32H,3-5,9-12,15-18,20H2,1-2H3/t22-,25+/m0/s1. The van der Waals surface area contributed by atoms with E-state index in [4.69, 9.17) is 14.6 Å². The third-order valence-electron chi connectivity index (χ3n) is 7.24. The van der Waals surface area contributed by atoms with Gasteiger partial charge in [0.15, 0.2) is 5.76 Å². The van der Waals surface area contributed by atoms with E-state index in [0.29, 0.717) is 31.4 Å². The Morgan fingerprint density at radius 3 is 2.47 bits per heavy atom. The Labute approximate surface area is 213 Å². The first-order valence-electron chi connectivity index (χ1n) is 13.3. The molecule has 1 saturated heterocycles. The maximum Gasteiger partial charge on any atom is 0.288 e. The third kappa shape index (κ3) is 5.93. The van der Waals surface area contributed by atoms with Crippen LogP contribution in [0.25, 0.3) is 5.69 Å². The van der Waals surface area contributed by atoms with Gasteiger partial charge >= 0.3 is 0 Å². The summed E-state index contributed by atoms with van der Waals surface area (Å²) in [4.78, 5) is 29.1. The van der Waals surface area contributed by atoms with Crippen molar-refractivity contribution in [2.75, 3.05) is 26.3 Å². The van der Waals surface area contributed by atoms with Crippen LogP contribution in [0.5, 0.6) is 0 Å².